The zero-order valence-corrected chi connectivity index (χ0v) is 19.9. The summed E-state index contributed by atoms with van der Waals surface area (Å²) in [5, 5.41) is 1.13. The number of benzene rings is 3. The number of anilines is 1. The SMILES string of the molecule is CC(C)n1c(SCC(=O)N2c3ccccc3OCC2c2ccccc2)nc2ccccc2c1=O. The lowest BCUT2D eigenvalue weighted by Gasteiger charge is -2.37. The highest BCUT2D eigenvalue weighted by molar-refractivity contribution is 7.99. The van der Waals surface area contributed by atoms with Crippen molar-refractivity contribution in [3.63, 3.8) is 0 Å². The number of hydrogen-bond acceptors (Lipinski definition) is 5. The number of nitrogens with zero attached hydrogens (tertiary/aromatic N) is 3. The van der Waals surface area contributed by atoms with Crippen LogP contribution in [0.4, 0.5) is 5.69 Å². The van der Waals surface area contributed by atoms with Gasteiger partial charge in [0.2, 0.25) is 5.91 Å². The molecule has 2 heterocycles. The molecule has 0 saturated heterocycles. The van der Waals surface area contributed by atoms with Crippen LogP contribution in [0.15, 0.2) is 88.8 Å². The summed E-state index contributed by atoms with van der Waals surface area (Å²) in [6.45, 7) is 4.28. The monoisotopic (exact) mass is 471 g/mol. The zero-order chi connectivity index (χ0) is 23.7. The lowest BCUT2D eigenvalue weighted by atomic mass is 10.0. The molecule has 4 aromatic rings. The maximum Gasteiger partial charge on any atom is 0.262 e. The predicted molar refractivity (Wildman–Crippen MR) is 136 cm³/mol. The van der Waals surface area contributed by atoms with Crippen molar-refractivity contribution in [2.45, 2.75) is 31.1 Å². The average Bonchev–Trinajstić information content (AvgIpc) is 2.87. The third kappa shape index (κ3) is 4.07. The molecule has 0 aliphatic carbocycles. The summed E-state index contributed by atoms with van der Waals surface area (Å²) in [6.07, 6.45) is 0. The number of fused-ring (bicyclic) bond motifs is 2. The molecule has 1 atom stereocenters. The van der Waals surface area contributed by atoms with Gasteiger partial charge in [0.25, 0.3) is 5.56 Å². The van der Waals surface area contributed by atoms with Gasteiger partial charge in [-0.05, 0) is 43.7 Å². The molecule has 0 saturated carbocycles. The quantitative estimate of drug-likeness (QED) is 0.294. The molecule has 0 N–H and O–H groups in total. The number of hydrogen-bond donors (Lipinski definition) is 0. The third-order valence-electron chi connectivity index (χ3n) is 5.90. The van der Waals surface area contributed by atoms with E-state index >= 15 is 0 Å². The smallest absolute Gasteiger partial charge is 0.262 e. The second kappa shape index (κ2) is 9.35. The summed E-state index contributed by atoms with van der Waals surface area (Å²) in [5.74, 6) is 0.776. The summed E-state index contributed by atoms with van der Waals surface area (Å²) in [4.78, 5) is 33.4. The van der Waals surface area contributed by atoms with Crippen LogP contribution in [0.1, 0.15) is 31.5 Å². The average molecular weight is 472 g/mol. The van der Waals surface area contributed by atoms with E-state index < -0.39 is 0 Å². The largest absolute Gasteiger partial charge is 0.489 e. The number of para-hydroxylation sites is 3. The molecule has 34 heavy (non-hydrogen) atoms. The van der Waals surface area contributed by atoms with E-state index in [9.17, 15) is 9.59 Å². The summed E-state index contributed by atoms with van der Waals surface area (Å²) >= 11 is 1.30. The van der Waals surface area contributed by atoms with Gasteiger partial charge < -0.3 is 4.74 Å². The van der Waals surface area contributed by atoms with Gasteiger partial charge in [-0.1, -0.05) is 66.4 Å². The molecule has 172 valence electrons. The van der Waals surface area contributed by atoms with E-state index in [0.717, 1.165) is 11.3 Å². The van der Waals surface area contributed by atoms with E-state index in [4.69, 9.17) is 9.72 Å². The first-order valence-corrected chi connectivity index (χ1v) is 12.3. The summed E-state index contributed by atoms with van der Waals surface area (Å²) in [5.41, 5.74) is 2.31. The van der Waals surface area contributed by atoms with Crippen molar-refractivity contribution in [3.8, 4) is 5.75 Å². The number of aromatic nitrogens is 2. The molecule has 0 spiro atoms. The summed E-state index contributed by atoms with van der Waals surface area (Å²) in [7, 11) is 0. The third-order valence-corrected chi connectivity index (χ3v) is 6.84. The van der Waals surface area contributed by atoms with Crippen LogP contribution in [0.3, 0.4) is 0 Å². The highest BCUT2D eigenvalue weighted by Crippen LogP contribution is 2.39. The van der Waals surface area contributed by atoms with E-state index in [2.05, 4.69) is 0 Å². The van der Waals surface area contributed by atoms with Gasteiger partial charge in [0.1, 0.15) is 12.4 Å². The number of thioether (sulfide) groups is 1. The van der Waals surface area contributed by atoms with Gasteiger partial charge in [-0.2, -0.15) is 0 Å². The molecule has 1 amide bonds. The first kappa shape index (κ1) is 22.2. The zero-order valence-electron chi connectivity index (χ0n) is 19.0. The lowest BCUT2D eigenvalue weighted by Crippen LogP contribution is -2.42. The molecule has 3 aromatic carbocycles. The van der Waals surface area contributed by atoms with Crippen molar-refractivity contribution in [3.05, 3.63) is 94.8 Å². The van der Waals surface area contributed by atoms with Crippen LogP contribution in [0.25, 0.3) is 10.9 Å². The van der Waals surface area contributed by atoms with Gasteiger partial charge in [-0.3, -0.25) is 19.1 Å². The minimum atomic E-state index is -0.235. The Hall–Kier alpha value is -3.58. The number of carbonyl (C=O) groups is 1. The molecule has 1 unspecified atom stereocenters. The molecule has 6 nitrogen and oxygen atoms in total. The molecule has 7 heteroatoms. The first-order valence-electron chi connectivity index (χ1n) is 11.3. The number of rotatable bonds is 5. The summed E-state index contributed by atoms with van der Waals surface area (Å²) in [6, 6.07) is 24.5. The van der Waals surface area contributed by atoms with E-state index in [0.29, 0.717) is 28.4 Å². The topological polar surface area (TPSA) is 64.4 Å². The minimum absolute atomic E-state index is 0.0627. The Morgan fingerprint density at radius 2 is 1.74 bits per heavy atom. The Morgan fingerprint density at radius 3 is 2.53 bits per heavy atom. The maximum absolute atomic E-state index is 13.7. The minimum Gasteiger partial charge on any atom is -0.489 e. The molecule has 1 aliphatic heterocycles. The molecule has 0 fully saturated rings. The van der Waals surface area contributed by atoms with E-state index in [1.807, 2.05) is 91.5 Å². The Balaban J connectivity index is 1.49. The molecule has 0 bridgehead atoms. The van der Waals surface area contributed by atoms with Crippen LogP contribution in [-0.2, 0) is 4.79 Å². The molecule has 1 aromatic heterocycles. The van der Waals surface area contributed by atoms with Crippen molar-refractivity contribution in [2.24, 2.45) is 0 Å². The van der Waals surface area contributed by atoms with Crippen LogP contribution in [0, 0.1) is 0 Å². The van der Waals surface area contributed by atoms with Crippen molar-refractivity contribution >= 4 is 34.3 Å². The summed E-state index contributed by atoms with van der Waals surface area (Å²) < 4.78 is 7.66. The van der Waals surface area contributed by atoms with E-state index in [1.54, 1.807) is 10.6 Å². The van der Waals surface area contributed by atoms with Crippen LogP contribution in [-0.4, -0.2) is 27.8 Å². The Morgan fingerprint density at radius 1 is 1.03 bits per heavy atom. The number of carbonyl (C=O) groups excluding carboxylic acids is 1. The van der Waals surface area contributed by atoms with Crippen LogP contribution in [0.5, 0.6) is 5.75 Å². The standard InChI is InChI=1S/C27H25N3O3S/c1-18(2)29-26(32)20-12-6-7-13-21(20)28-27(29)34-17-25(31)30-22-14-8-9-15-24(22)33-16-23(30)19-10-4-3-5-11-19/h3-15,18,23H,16-17H2,1-2H3. The van der Waals surface area contributed by atoms with Gasteiger partial charge in [-0.15, -0.1) is 0 Å². The Bertz CT molecular complexity index is 1400. The van der Waals surface area contributed by atoms with E-state index in [-0.39, 0.29) is 29.3 Å². The van der Waals surface area contributed by atoms with Gasteiger partial charge in [-0.25, -0.2) is 4.98 Å². The van der Waals surface area contributed by atoms with Gasteiger partial charge >= 0.3 is 0 Å². The van der Waals surface area contributed by atoms with Gasteiger partial charge in [0, 0.05) is 6.04 Å². The van der Waals surface area contributed by atoms with Crippen molar-refractivity contribution in [1.82, 2.24) is 9.55 Å². The van der Waals surface area contributed by atoms with Gasteiger partial charge in [0.05, 0.1) is 28.4 Å². The Labute approximate surface area is 202 Å². The fourth-order valence-electron chi connectivity index (χ4n) is 4.30. The lowest BCUT2D eigenvalue weighted by molar-refractivity contribution is -0.117. The second-order valence-electron chi connectivity index (χ2n) is 8.44. The fraction of sp³-hybridized carbons (Fsp3) is 0.222. The normalized spacial score (nSPS) is 15.3. The van der Waals surface area contributed by atoms with E-state index in [1.165, 1.54) is 11.8 Å². The van der Waals surface area contributed by atoms with Crippen LogP contribution < -0.4 is 15.2 Å². The highest BCUT2D eigenvalue weighted by Gasteiger charge is 2.33. The fourth-order valence-corrected chi connectivity index (χ4v) is 5.28. The van der Waals surface area contributed by atoms with Gasteiger partial charge in [0.15, 0.2) is 5.16 Å². The van der Waals surface area contributed by atoms with Crippen molar-refractivity contribution in [2.75, 3.05) is 17.3 Å². The van der Waals surface area contributed by atoms with Crippen molar-refractivity contribution in [1.29, 1.82) is 0 Å². The van der Waals surface area contributed by atoms with Crippen LogP contribution >= 0.6 is 11.8 Å². The highest BCUT2D eigenvalue weighted by atomic mass is 32.2. The first-order chi connectivity index (χ1) is 16.5. The molecular weight excluding hydrogens is 446 g/mol. The second-order valence-corrected chi connectivity index (χ2v) is 9.38. The maximum atomic E-state index is 13.7. The molecule has 1 aliphatic rings. The molecule has 0 radical (unpaired) electrons. The molecular formula is C27H25N3O3S. The number of ether oxygens (including phenoxy) is 1. The van der Waals surface area contributed by atoms with Crippen molar-refractivity contribution < 1.29 is 9.53 Å². The molecule has 5 rings (SSSR count). The number of amides is 1. The Kier molecular flexibility index (Phi) is 6.11. The van der Waals surface area contributed by atoms with Crippen LogP contribution in [0.2, 0.25) is 0 Å². The predicted octanol–water partition coefficient (Wildman–Crippen LogP) is 5.24.